The first kappa shape index (κ1) is 28.1. The van der Waals surface area contributed by atoms with Crippen molar-refractivity contribution in [3.63, 3.8) is 0 Å². The molecule has 0 fully saturated rings. The van der Waals surface area contributed by atoms with Gasteiger partial charge in [0.2, 0.25) is 0 Å². The molecule has 2 heteroatoms. The summed E-state index contributed by atoms with van der Waals surface area (Å²) >= 11 is 0. The van der Waals surface area contributed by atoms with E-state index in [1.165, 1.54) is 43.4 Å². The summed E-state index contributed by atoms with van der Waals surface area (Å²) in [6.07, 6.45) is 0. The molecule has 11 aromatic rings. The molecule has 0 aliphatic heterocycles. The van der Waals surface area contributed by atoms with Crippen molar-refractivity contribution in [3.05, 3.63) is 186 Å². The predicted octanol–water partition coefficient (Wildman–Crippen LogP) is 12.7. The first-order chi connectivity index (χ1) is 25.2. The van der Waals surface area contributed by atoms with Gasteiger partial charge < -0.3 is 0 Å². The van der Waals surface area contributed by atoms with Gasteiger partial charge in [0.05, 0.1) is 11.0 Å². The van der Waals surface area contributed by atoms with E-state index < -0.39 is 0 Å². The molecule has 0 N–H and O–H groups in total. The minimum absolute atomic E-state index is 0.0228. The molecule has 0 radical (unpaired) electrons. The summed E-state index contributed by atoms with van der Waals surface area (Å²) in [6, 6.07) is 62.7. The van der Waals surface area contributed by atoms with Gasteiger partial charge in [0.15, 0.2) is 0 Å². The Hall–Kier alpha value is -6.77. The molecular weight excluding hydrogens is 619 g/mol. The first-order valence-corrected chi connectivity index (χ1v) is 17.5. The molecule has 0 bridgehead atoms. The summed E-state index contributed by atoms with van der Waals surface area (Å²) in [6.45, 7) is 0. The zero-order valence-electron chi connectivity index (χ0n) is 27.6. The molecule has 0 atom stereocenters. The van der Waals surface area contributed by atoms with Gasteiger partial charge in [-0.1, -0.05) is 140 Å². The monoisotopic (exact) mass is 647 g/mol. The van der Waals surface area contributed by atoms with Crippen LogP contribution in [-0.4, -0.2) is 4.40 Å². The molecule has 51 heavy (non-hydrogen) atoms. The third kappa shape index (κ3) is 4.08. The minimum atomic E-state index is 0.0228. The van der Waals surface area contributed by atoms with Gasteiger partial charge in [0.25, 0.3) is 5.56 Å². The van der Waals surface area contributed by atoms with E-state index >= 15 is 0 Å². The second kappa shape index (κ2) is 10.6. The van der Waals surface area contributed by atoms with E-state index in [1.54, 1.807) is 0 Å². The van der Waals surface area contributed by atoms with Gasteiger partial charge in [-0.25, -0.2) is 0 Å². The van der Waals surface area contributed by atoms with Gasteiger partial charge in [0, 0.05) is 21.5 Å². The zero-order valence-corrected chi connectivity index (χ0v) is 27.6. The maximum Gasteiger partial charge on any atom is 0.263 e. The van der Waals surface area contributed by atoms with Gasteiger partial charge >= 0.3 is 0 Å². The highest BCUT2D eigenvalue weighted by Gasteiger charge is 2.18. The molecule has 0 saturated heterocycles. The number of para-hydroxylation sites is 1. The Morgan fingerprint density at radius 2 is 0.686 bits per heavy atom. The molecule has 2 aromatic heterocycles. The Kier molecular flexibility index (Phi) is 5.85. The summed E-state index contributed by atoms with van der Waals surface area (Å²) in [4.78, 5) is 14.2. The maximum absolute atomic E-state index is 14.2. The van der Waals surface area contributed by atoms with Crippen molar-refractivity contribution in [3.8, 4) is 33.4 Å². The zero-order chi connectivity index (χ0) is 33.6. The van der Waals surface area contributed by atoms with Crippen LogP contribution in [0.1, 0.15) is 0 Å². The van der Waals surface area contributed by atoms with Gasteiger partial charge in [-0.3, -0.25) is 9.20 Å². The third-order valence-electron chi connectivity index (χ3n) is 10.9. The Labute approximate surface area is 293 Å². The van der Waals surface area contributed by atoms with Crippen LogP contribution in [0.2, 0.25) is 0 Å². The van der Waals surface area contributed by atoms with Crippen molar-refractivity contribution < 1.29 is 0 Å². The number of rotatable bonds is 3. The molecule has 2 heterocycles. The predicted molar refractivity (Wildman–Crippen MR) is 216 cm³/mol. The van der Waals surface area contributed by atoms with Crippen LogP contribution >= 0.6 is 0 Å². The molecule has 2 nitrogen and oxygen atoms in total. The average molecular weight is 648 g/mol. The van der Waals surface area contributed by atoms with Gasteiger partial charge in [-0.2, -0.15) is 0 Å². The SMILES string of the molecule is O=c1c2ccc(-c3ccccc3)cc2c2cccc3c4cc(-c5cccc(-c6ccc7c8ccccc8c8ccccc8c7c6)c5)ccc4n1c23. The Bertz CT molecular complexity index is 3230. The third-order valence-corrected chi connectivity index (χ3v) is 10.9. The topological polar surface area (TPSA) is 21.5 Å². The molecular formula is C49H29NO. The van der Waals surface area contributed by atoms with Crippen molar-refractivity contribution >= 4 is 70.3 Å². The van der Waals surface area contributed by atoms with Crippen LogP contribution in [0.3, 0.4) is 0 Å². The average Bonchev–Trinajstić information content (AvgIpc) is 3.54. The molecule has 0 aliphatic rings. The van der Waals surface area contributed by atoms with E-state index in [-0.39, 0.29) is 5.56 Å². The highest BCUT2D eigenvalue weighted by atomic mass is 16.1. The number of hydrogen-bond acceptors (Lipinski definition) is 1. The molecule has 11 rings (SSSR count). The molecule has 0 spiro atoms. The minimum Gasteiger partial charge on any atom is -0.275 e. The lowest BCUT2D eigenvalue weighted by Gasteiger charge is -2.12. The molecule has 9 aromatic carbocycles. The number of nitrogens with zero attached hydrogens (tertiary/aromatic N) is 1. The Morgan fingerprint density at radius 3 is 1.35 bits per heavy atom. The van der Waals surface area contributed by atoms with E-state index in [0.717, 1.165) is 60.2 Å². The molecule has 0 aliphatic carbocycles. The summed E-state index contributed by atoms with van der Waals surface area (Å²) in [7, 11) is 0. The van der Waals surface area contributed by atoms with Crippen molar-refractivity contribution in [1.29, 1.82) is 0 Å². The number of hydrogen-bond donors (Lipinski definition) is 0. The fourth-order valence-electron chi connectivity index (χ4n) is 8.53. The van der Waals surface area contributed by atoms with Gasteiger partial charge in [-0.15, -0.1) is 0 Å². The van der Waals surface area contributed by atoms with Crippen LogP contribution in [0.15, 0.2) is 181 Å². The van der Waals surface area contributed by atoms with Crippen molar-refractivity contribution in [2.75, 3.05) is 0 Å². The molecule has 0 unspecified atom stereocenters. The second-order valence-corrected chi connectivity index (χ2v) is 13.6. The van der Waals surface area contributed by atoms with Crippen LogP contribution in [0.5, 0.6) is 0 Å². The Morgan fingerprint density at radius 1 is 0.275 bits per heavy atom. The van der Waals surface area contributed by atoms with Crippen LogP contribution in [-0.2, 0) is 0 Å². The standard InChI is InChI=1S/C49H29NO/c51-49-43-24-21-33(30-10-2-1-3-11-30)27-45(43)41-18-9-19-42-46-29-35(22-25-47(46)50(49)48(41)42)32-13-8-12-31(26-32)34-20-23-40-38-16-5-4-14-36(38)37-15-6-7-17-39(37)44(40)28-34/h1-29H. The lowest BCUT2D eigenvalue weighted by Crippen LogP contribution is -2.12. The summed E-state index contributed by atoms with van der Waals surface area (Å²) in [5.41, 5.74) is 8.83. The fourth-order valence-corrected chi connectivity index (χ4v) is 8.53. The maximum atomic E-state index is 14.2. The van der Waals surface area contributed by atoms with Crippen molar-refractivity contribution in [2.24, 2.45) is 0 Å². The van der Waals surface area contributed by atoms with Crippen LogP contribution < -0.4 is 5.56 Å². The van der Waals surface area contributed by atoms with Crippen molar-refractivity contribution in [2.45, 2.75) is 0 Å². The fraction of sp³-hybridized carbons (Fsp3) is 0. The first-order valence-electron chi connectivity index (χ1n) is 17.5. The van der Waals surface area contributed by atoms with Gasteiger partial charge in [-0.05, 0) is 107 Å². The Balaban J connectivity index is 1.08. The van der Waals surface area contributed by atoms with E-state index in [2.05, 4.69) is 164 Å². The number of benzene rings is 9. The second-order valence-electron chi connectivity index (χ2n) is 13.6. The van der Waals surface area contributed by atoms with E-state index in [1.807, 2.05) is 16.5 Å². The normalized spacial score (nSPS) is 12.0. The van der Waals surface area contributed by atoms with Crippen molar-refractivity contribution in [1.82, 2.24) is 4.40 Å². The quantitative estimate of drug-likeness (QED) is 0.175. The van der Waals surface area contributed by atoms with E-state index in [0.29, 0.717) is 0 Å². The lowest BCUT2D eigenvalue weighted by atomic mass is 9.91. The van der Waals surface area contributed by atoms with E-state index in [9.17, 15) is 4.79 Å². The van der Waals surface area contributed by atoms with Crippen LogP contribution in [0, 0.1) is 0 Å². The number of pyridine rings is 1. The molecule has 0 amide bonds. The highest BCUT2D eigenvalue weighted by molar-refractivity contribution is 6.26. The smallest absolute Gasteiger partial charge is 0.263 e. The van der Waals surface area contributed by atoms with Crippen LogP contribution in [0.4, 0.5) is 0 Å². The van der Waals surface area contributed by atoms with E-state index in [4.69, 9.17) is 0 Å². The number of fused-ring (bicyclic) bond motifs is 11. The highest BCUT2D eigenvalue weighted by Crippen LogP contribution is 2.40. The summed E-state index contributed by atoms with van der Waals surface area (Å²) in [5.74, 6) is 0. The molecule has 0 saturated carbocycles. The lowest BCUT2D eigenvalue weighted by molar-refractivity contribution is 1.21. The van der Waals surface area contributed by atoms with Crippen LogP contribution in [0.25, 0.3) is 104 Å². The summed E-state index contributed by atoms with van der Waals surface area (Å²) < 4.78 is 1.92. The molecule has 236 valence electrons. The summed E-state index contributed by atoms with van der Waals surface area (Å²) in [5, 5.41) is 12.7. The van der Waals surface area contributed by atoms with Gasteiger partial charge in [0.1, 0.15) is 0 Å². The number of aromatic nitrogens is 1. The largest absolute Gasteiger partial charge is 0.275 e.